The van der Waals surface area contributed by atoms with Crippen molar-refractivity contribution in [2.75, 3.05) is 6.54 Å². The molecular weight excluding hydrogens is 304 g/mol. The minimum Gasteiger partial charge on any atom is -0.350 e. The summed E-state index contributed by atoms with van der Waals surface area (Å²) in [5.74, 6) is 1.12. The lowest BCUT2D eigenvalue weighted by molar-refractivity contribution is 0.417. The van der Waals surface area contributed by atoms with Crippen LogP contribution in [0.3, 0.4) is 0 Å². The van der Waals surface area contributed by atoms with Gasteiger partial charge in [-0.15, -0.1) is 0 Å². The largest absolute Gasteiger partial charge is 0.350 e. The molecule has 1 atom stereocenters. The predicted molar refractivity (Wildman–Crippen MR) is 104 cm³/mol. The highest BCUT2D eigenvalue weighted by atomic mass is 15.3. The molecule has 0 saturated heterocycles. The van der Waals surface area contributed by atoms with Gasteiger partial charge in [0.1, 0.15) is 5.84 Å². The highest BCUT2D eigenvalue weighted by Crippen LogP contribution is 2.21. The minimum atomic E-state index is 0.307. The lowest BCUT2D eigenvalue weighted by Gasteiger charge is -2.21. The van der Waals surface area contributed by atoms with Crippen molar-refractivity contribution in [1.82, 2.24) is 4.90 Å². The molecule has 0 amide bonds. The molecule has 3 aromatic rings. The van der Waals surface area contributed by atoms with Crippen molar-refractivity contribution in [2.24, 2.45) is 4.99 Å². The van der Waals surface area contributed by atoms with Gasteiger partial charge in [0.05, 0.1) is 6.04 Å². The van der Waals surface area contributed by atoms with E-state index in [1.165, 1.54) is 16.7 Å². The summed E-state index contributed by atoms with van der Waals surface area (Å²) in [7, 11) is 0. The maximum absolute atomic E-state index is 5.07. The van der Waals surface area contributed by atoms with E-state index in [4.69, 9.17) is 4.99 Å². The molecule has 2 heteroatoms. The van der Waals surface area contributed by atoms with Crippen LogP contribution in [0.4, 0.5) is 0 Å². The number of hydrogen-bond donors (Lipinski definition) is 0. The Morgan fingerprint density at radius 1 is 0.720 bits per heavy atom. The van der Waals surface area contributed by atoms with Gasteiger partial charge in [0, 0.05) is 18.7 Å². The van der Waals surface area contributed by atoms with Crippen molar-refractivity contribution in [1.29, 1.82) is 0 Å². The Morgan fingerprint density at radius 2 is 1.28 bits per heavy atom. The summed E-state index contributed by atoms with van der Waals surface area (Å²) in [5.41, 5.74) is 3.88. The molecular formula is C23H22N2. The van der Waals surface area contributed by atoms with Crippen molar-refractivity contribution in [3.63, 3.8) is 0 Å². The first kappa shape index (κ1) is 15.6. The fourth-order valence-corrected chi connectivity index (χ4v) is 3.42. The van der Waals surface area contributed by atoms with Crippen molar-refractivity contribution in [3.8, 4) is 0 Å². The number of amidine groups is 1. The van der Waals surface area contributed by atoms with Gasteiger partial charge in [-0.2, -0.15) is 0 Å². The van der Waals surface area contributed by atoms with E-state index in [1.807, 2.05) is 0 Å². The second-order valence-corrected chi connectivity index (χ2v) is 6.53. The highest BCUT2D eigenvalue weighted by Gasteiger charge is 2.26. The summed E-state index contributed by atoms with van der Waals surface area (Å²) in [5, 5.41) is 0. The summed E-state index contributed by atoms with van der Waals surface area (Å²) in [6.45, 7) is 1.87. The van der Waals surface area contributed by atoms with E-state index in [9.17, 15) is 0 Å². The Morgan fingerprint density at radius 3 is 1.92 bits per heavy atom. The van der Waals surface area contributed by atoms with E-state index in [0.29, 0.717) is 6.04 Å². The number of nitrogens with zero attached hydrogens (tertiary/aromatic N) is 2. The second-order valence-electron chi connectivity index (χ2n) is 6.53. The highest BCUT2D eigenvalue weighted by molar-refractivity contribution is 6.00. The molecule has 1 aliphatic rings. The molecule has 0 aliphatic carbocycles. The maximum atomic E-state index is 5.07. The molecule has 0 radical (unpaired) electrons. The smallest absolute Gasteiger partial charge is 0.131 e. The molecule has 0 spiro atoms. The number of rotatable bonds is 5. The molecule has 3 aromatic carbocycles. The molecule has 2 nitrogen and oxygen atoms in total. The molecule has 0 unspecified atom stereocenters. The Balaban J connectivity index is 1.58. The molecule has 0 saturated carbocycles. The summed E-state index contributed by atoms with van der Waals surface area (Å²) in [4.78, 5) is 7.49. The lowest BCUT2D eigenvalue weighted by Crippen LogP contribution is -2.30. The SMILES string of the molecule is c1ccc(C[C@H]2CN(Cc3ccccc3)C(c3ccccc3)=N2)cc1. The van der Waals surface area contributed by atoms with Gasteiger partial charge >= 0.3 is 0 Å². The van der Waals surface area contributed by atoms with E-state index in [0.717, 1.165) is 25.3 Å². The normalized spacial score (nSPS) is 16.7. The average Bonchev–Trinajstić information content (AvgIpc) is 3.06. The molecule has 1 heterocycles. The Labute approximate surface area is 149 Å². The third-order valence-corrected chi connectivity index (χ3v) is 4.60. The van der Waals surface area contributed by atoms with E-state index in [-0.39, 0.29) is 0 Å². The third kappa shape index (κ3) is 3.80. The van der Waals surface area contributed by atoms with Crippen LogP contribution in [-0.4, -0.2) is 23.3 Å². The van der Waals surface area contributed by atoms with Crippen LogP contribution >= 0.6 is 0 Å². The quantitative estimate of drug-likeness (QED) is 0.671. The summed E-state index contributed by atoms with van der Waals surface area (Å²) in [6, 6.07) is 32.2. The van der Waals surface area contributed by atoms with Gasteiger partial charge in [-0.25, -0.2) is 0 Å². The Kier molecular flexibility index (Phi) is 4.60. The molecule has 1 aliphatic heterocycles. The summed E-state index contributed by atoms with van der Waals surface area (Å²) in [6.07, 6.45) is 0.989. The lowest BCUT2D eigenvalue weighted by atomic mass is 10.1. The fraction of sp³-hybridized carbons (Fsp3) is 0.174. The molecule has 25 heavy (non-hydrogen) atoms. The zero-order valence-corrected chi connectivity index (χ0v) is 14.3. The maximum Gasteiger partial charge on any atom is 0.131 e. The van der Waals surface area contributed by atoms with E-state index < -0.39 is 0 Å². The zero-order chi connectivity index (χ0) is 16.9. The van der Waals surface area contributed by atoms with Crippen molar-refractivity contribution in [3.05, 3.63) is 108 Å². The summed E-state index contributed by atoms with van der Waals surface area (Å²) >= 11 is 0. The van der Waals surface area contributed by atoms with Crippen molar-refractivity contribution < 1.29 is 0 Å². The first-order chi connectivity index (χ1) is 12.4. The number of hydrogen-bond acceptors (Lipinski definition) is 2. The van der Waals surface area contributed by atoms with Gasteiger partial charge < -0.3 is 4.90 Å². The average molecular weight is 326 g/mol. The number of benzene rings is 3. The van der Waals surface area contributed by atoms with Crippen LogP contribution in [-0.2, 0) is 13.0 Å². The van der Waals surface area contributed by atoms with Crippen LogP contribution in [0.1, 0.15) is 16.7 Å². The molecule has 124 valence electrons. The zero-order valence-electron chi connectivity index (χ0n) is 14.3. The van der Waals surface area contributed by atoms with Crippen molar-refractivity contribution in [2.45, 2.75) is 19.0 Å². The monoisotopic (exact) mass is 326 g/mol. The van der Waals surface area contributed by atoms with Crippen LogP contribution in [0.25, 0.3) is 0 Å². The molecule has 0 fully saturated rings. The van der Waals surface area contributed by atoms with Gasteiger partial charge in [-0.1, -0.05) is 91.0 Å². The van der Waals surface area contributed by atoms with E-state index in [1.54, 1.807) is 0 Å². The minimum absolute atomic E-state index is 0.307. The summed E-state index contributed by atoms with van der Waals surface area (Å²) < 4.78 is 0. The molecule has 4 rings (SSSR count). The first-order valence-corrected chi connectivity index (χ1v) is 8.84. The number of aliphatic imine (C=N–C) groups is 1. The molecule has 0 N–H and O–H groups in total. The Hall–Kier alpha value is -2.87. The van der Waals surface area contributed by atoms with E-state index in [2.05, 4.69) is 95.9 Å². The van der Waals surface area contributed by atoms with Gasteiger partial charge in [0.15, 0.2) is 0 Å². The molecule has 0 bridgehead atoms. The van der Waals surface area contributed by atoms with Gasteiger partial charge in [0.2, 0.25) is 0 Å². The van der Waals surface area contributed by atoms with Gasteiger partial charge in [-0.05, 0) is 17.5 Å². The topological polar surface area (TPSA) is 15.6 Å². The third-order valence-electron chi connectivity index (χ3n) is 4.60. The van der Waals surface area contributed by atoms with Gasteiger partial charge in [0.25, 0.3) is 0 Å². The molecule has 0 aromatic heterocycles. The second kappa shape index (κ2) is 7.35. The first-order valence-electron chi connectivity index (χ1n) is 8.84. The van der Waals surface area contributed by atoms with Crippen LogP contribution in [0.5, 0.6) is 0 Å². The van der Waals surface area contributed by atoms with Crippen LogP contribution in [0.15, 0.2) is 96.0 Å². The van der Waals surface area contributed by atoms with Crippen LogP contribution in [0, 0.1) is 0 Å². The van der Waals surface area contributed by atoms with Crippen molar-refractivity contribution >= 4 is 5.84 Å². The van der Waals surface area contributed by atoms with Crippen LogP contribution in [0.2, 0.25) is 0 Å². The standard InChI is InChI=1S/C23H22N2/c1-4-10-19(11-5-1)16-22-18-25(17-20-12-6-2-7-13-20)23(24-22)21-14-8-3-9-15-21/h1-15,22H,16-18H2/t22-/m0/s1. The fourth-order valence-electron chi connectivity index (χ4n) is 3.42. The van der Waals surface area contributed by atoms with Crippen LogP contribution < -0.4 is 0 Å². The van der Waals surface area contributed by atoms with E-state index >= 15 is 0 Å². The Bertz CT molecular complexity index is 826. The van der Waals surface area contributed by atoms with Gasteiger partial charge in [-0.3, -0.25) is 4.99 Å². The predicted octanol–water partition coefficient (Wildman–Crippen LogP) is 4.56.